The Kier molecular flexibility index (Phi) is 3.68. The number of carbonyl (C=O) groups excluding carboxylic acids is 1. The third kappa shape index (κ3) is 3.60. The zero-order valence-corrected chi connectivity index (χ0v) is 9.43. The molecule has 0 bridgehead atoms. The van der Waals surface area contributed by atoms with E-state index >= 15 is 0 Å². The predicted molar refractivity (Wildman–Crippen MR) is 51.6 cm³/mol. The number of rotatable bonds is 3. The van der Waals surface area contributed by atoms with Crippen molar-refractivity contribution in [2.75, 3.05) is 0 Å². The topological polar surface area (TPSA) is 60.4 Å². The first-order chi connectivity index (χ1) is 7.65. The van der Waals surface area contributed by atoms with Gasteiger partial charge >= 0.3 is 6.36 Å². The van der Waals surface area contributed by atoms with Crippen LogP contribution in [0.25, 0.3) is 0 Å². The second-order valence-corrected chi connectivity index (χ2v) is 5.31. The average Bonchev–Trinajstić information content (AvgIpc) is 2.13. The van der Waals surface area contributed by atoms with E-state index in [9.17, 15) is 26.4 Å². The molecule has 1 aromatic carbocycles. The van der Waals surface area contributed by atoms with Gasteiger partial charge in [-0.3, -0.25) is 4.79 Å². The summed E-state index contributed by atoms with van der Waals surface area (Å²) in [5.74, 6) is -0.922. The highest BCUT2D eigenvalue weighted by Crippen LogP contribution is 2.30. The van der Waals surface area contributed by atoms with Crippen LogP contribution in [0.15, 0.2) is 23.1 Å². The molecular formula is C8H4ClF3O4S. The molecule has 9 heteroatoms. The lowest BCUT2D eigenvalue weighted by atomic mass is 10.2. The second-order valence-electron chi connectivity index (χ2n) is 2.77. The minimum atomic E-state index is -5.04. The van der Waals surface area contributed by atoms with Crippen LogP contribution in [-0.2, 0) is 9.05 Å². The van der Waals surface area contributed by atoms with Crippen LogP contribution in [0.2, 0.25) is 0 Å². The van der Waals surface area contributed by atoms with E-state index in [1.165, 1.54) is 0 Å². The van der Waals surface area contributed by atoms with Crippen LogP contribution in [0.1, 0.15) is 10.4 Å². The van der Waals surface area contributed by atoms with Gasteiger partial charge in [0.15, 0.2) is 6.29 Å². The SMILES string of the molecule is O=Cc1c(OC(F)(F)F)cccc1S(=O)(=O)Cl. The maximum atomic E-state index is 12.0. The summed E-state index contributed by atoms with van der Waals surface area (Å²) >= 11 is 0. The Labute approximate surface area is 98.4 Å². The zero-order valence-electron chi connectivity index (χ0n) is 7.86. The lowest BCUT2D eigenvalue weighted by Crippen LogP contribution is -2.18. The number of hydrogen-bond acceptors (Lipinski definition) is 4. The smallest absolute Gasteiger partial charge is 0.405 e. The summed E-state index contributed by atoms with van der Waals surface area (Å²) in [6.45, 7) is 0. The normalized spacial score (nSPS) is 12.2. The summed E-state index contributed by atoms with van der Waals surface area (Å²) in [6.07, 6.45) is -5.11. The molecule has 0 aliphatic heterocycles. The van der Waals surface area contributed by atoms with Crippen LogP contribution in [0.4, 0.5) is 13.2 Å². The highest BCUT2D eigenvalue weighted by Gasteiger charge is 2.33. The Morgan fingerprint density at radius 3 is 2.29 bits per heavy atom. The molecular weight excluding hydrogens is 285 g/mol. The summed E-state index contributed by atoms with van der Waals surface area (Å²) in [5, 5.41) is 0. The molecule has 0 unspecified atom stereocenters. The lowest BCUT2D eigenvalue weighted by Gasteiger charge is -2.11. The molecule has 94 valence electrons. The average molecular weight is 289 g/mol. The van der Waals surface area contributed by atoms with E-state index in [0.29, 0.717) is 0 Å². The molecule has 0 saturated carbocycles. The highest BCUT2D eigenvalue weighted by molar-refractivity contribution is 8.13. The van der Waals surface area contributed by atoms with Crippen molar-refractivity contribution in [1.29, 1.82) is 0 Å². The summed E-state index contributed by atoms with van der Waals surface area (Å²) in [4.78, 5) is 9.87. The molecule has 0 N–H and O–H groups in total. The number of aldehydes is 1. The molecule has 0 amide bonds. The first-order valence-electron chi connectivity index (χ1n) is 3.94. The summed E-state index contributed by atoms with van der Waals surface area (Å²) in [7, 11) is 0.632. The van der Waals surface area contributed by atoms with Gasteiger partial charge in [0.2, 0.25) is 0 Å². The van der Waals surface area contributed by atoms with Gasteiger partial charge in [0.05, 0.1) is 10.5 Å². The van der Waals surface area contributed by atoms with Crippen molar-refractivity contribution in [1.82, 2.24) is 0 Å². The fourth-order valence-corrected chi connectivity index (χ4v) is 2.12. The summed E-state index contributed by atoms with van der Waals surface area (Å²) in [6, 6.07) is 2.68. The molecule has 0 aromatic heterocycles. The largest absolute Gasteiger partial charge is 0.573 e. The van der Waals surface area contributed by atoms with E-state index in [2.05, 4.69) is 4.74 Å². The fourth-order valence-electron chi connectivity index (χ4n) is 1.07. The van der Waals surface area contributed by atoms with Crippen LogP contribution in [-0.4, -0.2) is 21.1 Å². The molecule has 0 saturated heterocycles. The van der Waals surface area contributed by atoms with Crippen LogP contribution in [0.5, 0.6) is 5.75 Å². The predicted octanol–water partition coefficient (Wildman–Crippen LogP) is 2.33. The molecule has 17 heavy (non-hydrogen) atoms. The minimum absolute atomic E-state index is 0.0731. The number of ether oxygens (including phenoxy) is 1. The molecule has 0 atom stereocenters. The number of carbonyl (C=O) groups is 1. The third-order valence-electron chi connectivity index (χ3n) is 1.63. The van der Waals surface area contributed by atoms with E-state index in [1.54, 1.807) is 0 Å². The van der Waals surface area contributed by atoms with Gasteiger partial charge in [-0.1, -0.05) is 6.07 Å². The fraction of sp³-hybridized carbons (Fsp3) is 0.125. The molecule has 1 rings (SSSR count). The summed E-state index contributed by atoms with van der Waals surface area (Å²) in [5.41, 5.74) is -0.778. The molecule has 0 aliphatic rings. The molecule has 0 radical (unpaired) electrons. The van der Waals surface area contributed by atoms with E-state index in [4.69, 9.17) is 10.7 Å². The van der Waals surface area contributed by atoms with Gasteiger partial charge in [-0.15, -0.1) is 13.2 Å². The van der Waals surface area contributed by atoms with Crippen LogP contribution in [0, 0.1) is 0 Å². The highest BCUT2D eigenvalue weighted by atomic mass is 35.7. The van der Waals surface area contributed by atoms with Crippen LogP contribution >= 0.6 is 10.7 Å². The van der Waals surface area contributed by atoms with Crippen molar-refractivity contribution >= 4 is 26.0 Å². The first-order valence-corrected chi connectivity index (χ1v) is 6.24. The third-order valence-corrected chi connectivity index (χ3v) is 3.01. The van der Waals surface area contributed by atoms with Crippen molar-refractivity contribution < 1.29 is 31.1 Å². The molecule has 0 fully saturated rings. The molecule has 4 nitrogen and oxygen atoms in total. The van der Waals surface area contributed by atoms with Gasteiger partial charge in [-0.2, -0.15) is 0 Å². The summed E-state index contributed by atoms with van der Waals surface area (Å²) < 4.78 is 61.4. The van der Waals surface area contributed by atoms with Crippen molar-refractivity contribution in [3.63, 3.8) is 0 Å². The number of halogens is 4. The Hall–Kier alpha value is -1.28. The van der Waals surface area contributed by atoms with E-state index in [1.807, 2.05) is 0 Å². The number of alkyl halides is 3. The first kappa shape index (κ1) is 13.8. The van der Waals surface area contributed by atoms with Crippen molar-refractivity contribution in [2.45, 2.75) is 11.3 Å². The van der Waals surface area contributed by atoms with E-state index in [0.717, 1.165) is 18.2 Å². The number of benzene rings is 1. The Morgan fingerprint density at radius 1 is 1.29 bits per heavy atom. The minimum Gasteiger partial charge on any atom is -0.405 e. The van der Waals surface area contributed by atoms with Gasteiger partial charge in [-0.25, -0.2) is 8.42 Å². The Morgan fingerprint density at radius 2 is 1.88 bits per heavy atom. The van der Waals surface area contributed by atoms with E-state index < -0.39 is 31.6 Å². The maximum Gasteiger partial charge on any atom is 0.573 e. The molecule has 1 aromatic rings. The molecule has 0 spiro atoms. The van der Waals surface area contributed by atoms with Crippen LogP contribution < -0.4 is 4.74 Å². The van der Waals surface area contributed by atoms with Crippen molar-refractivity contribution in [3.8, 4) is 5.75 Å². The van der Waals surface area contributed by atoms with Gasteiger partial charge < -0.3 is 4.74 Å². The van der Waals surface area contributed by atoms with Crippen molar-refractivity contribution in [2.24, 2.45) is 0 Å². The Balaban J connectivity index is 3.40. The van der Waals surface area contributed by atoms with Crippen molar-refractivity contribution in [3.05, 3.63) is 23.8 Å². The van der Waals surface area contributed by atoms with E-state index in [-0.39, 0.29) is 6.29 Å². The van der Waals surface area contributed by atoms with Crippen LogP contribution in [0.3, 0.4) is 0 Å². The molecule has 0 heterocycles. The molecule has 0 aliphatic carbocycles. The monoisotopic (exact) mass is 288 g/mol. The second kappa shape index (κ2) is 4.53. The quantitative estimate of drug-likeness (QED) is 0.632. The standard InChI is InChI=1S/C8H4ClF3O4S/c9-17(14,15)7-3-1-2-6(5(7)4-13)16-8(10,11)12/h1-4H. The van der Waals surface area contributed by atoms with Gasteiger partial charge in [0.1, 0.15) is 5.75 Å². The Bertz CT molecular complexity index is 538. The number of hydrogen-bond donors (Lipinski definition) is 0. The lowest BCUT2D eigenvalue weighted by molar-refractivity contribution is -0.274. The zero-order chi connectivity index (χ0) is 13.3. The van der Waals surface area contributed by atoms with Gasteiger partial charge in [0, 0.05) is 10.7 Å². The van der Waals surface area contributed by atoms with Gasteiger partial charge in [0.25, 0.3) is 9.05 Å². The van der Waals surface area contributed by atoms with Gasteiger partial charge in [-0.05, 0) is 12.1 Å². The maximum absolute atomic E-state index is 12.0.